The Morgan fingerprint density at radius 2 is 2.15 bits per heavy atom. The highest BCUT2D eigenvalue weighted by Crippen LogP contribution is 2.23. The number of carbonyl (C=O) groups excluding carboxylic acids is 1. The minimum Gasteiger partial charge on any atom is -0.373 e. The maximum absolute atomic E-state index is 12.3. The van der Waals surface area contributed by atoms with E-state index in [2.05, 4.69) is 38.5 Å². The lowest BCUT2D eigenvalue weighted by atomic mass is 10.0. The van der Waals surface area contributed by atoms with Crippen molar-refractivity contribution in [2.45, 2.75) is 38.3 Å². The average molecular weight is 425 g/mol. The predicted molar refractivity (Wildman–Crippen MR) is 108 cm³/mol. The Kier molecular flexibility index (Phi) is 7.90. The Morgan fingerprint density at radius 1 is 1.38 bits per heavy atom. The summed E-state index contributed by atoms with van der Waals surface area (Å²) in [7, 11) is 3.56. The minimum atomic E-state index is -0.128. The number of rotatable bonds is 7. The van der Waals surface area contributed by atoms with E-state index >= 15 is 0 Å². The van der Waals surface area contributed by atoms with Gasteiger partial charge in [-0.2, -0.15) is 0 Å². The van der Waals surface area contributed by atoms with E-state index < -0.39 is 0 Å². The molecular weight excluding hydrogens is 396 g/mol. The molecule has 1 atom stereocenters. The van der Waals surface area contributed by atoms with Gasteiger partial charge in [-0.25, -0.2) is 0 Å². The fourth-order valence-electron chi connectivity index (χ4n) is 2.92. The van der Waals surface area contributed by atoms with Crippen LogP contribution in [-0.2, 0) is 16.1 Å². The molecule has 1 heterocycles. The lowest BCUT2D eigenvalue weighted by molar-refractivity contribution is -0.130. The number of amides is 1. The Balaban J connectivity index is 1.71. The smallest absolute Gasteiger partial charge is 0.224 e. The van der Waals surface area contributed by atoms with Crippen molar-refractivity contribution in [3.05, 3.63) is 34.3 Å². The summed E-state index contributed by atoms with van der Waals surface area (Å²) >= 11 is 3.52. The summed E-state index contributed by atoms with van der Waals surface area (Å²) in [6.45, 7) is 4.77. The summed E-state index contributed by atoms with van der Waals surface area (Å²) in [5, 5.41) is 6.48. The van der Waals surface area contributed by atoms with Gasteiger partial charge in [0.05, 0.1) is 5.60 Å². The summed E-state index contributed by atoms with van der Waals surface area (Å²) in [6, 6.07) is 7.95. The van der Waals surface area contributed by atoms with E-state index in [1.54, 1.807) is 11.9 Å². The summed E-state index contributed by atoms with van der Waals surface area (Å²) in [4.78, 5) is 18.3. The quantitative estimate of drug-likeness (QED) is 0.521. The third-order valence-electron chi connectivity index (χ3n) is 4.58. The zero-order chi connectivity index (χ0) is 19.0. The number of nitrogens with zero attached hydrogens (tertiary/aromatic N) is 2. The lowest BCUT2D eigenvalue weighted by Crippen LogP contribution is -2.46. The summed E-state index contributed by atoms with van der Waals surface area (Å²) in [6.07, 6.45) is 2.56. The summed E-state index contributed by atoms with van der Waals surface area (Å²) in [5.41, 5.74) is 0.968. The highest BCUT2D eigenvalue weighted by molar-refractivity contribution is 9.10. The second kappa shape index (κ2) is 9.92. The van der Waals surface area contributed by atoms with E-state index in [0.29, 0.717) is 32.0 Å². The third kappa shape index (κ3) is 6.29. The summed E-state index contributed by atoms with van der Waals surface area (Å²) in [5.74, 6) is 0.790. The zero-order valence-electron chi connectivity index (χ0n) is 15.8. The van der Waals surface area contributed by atoms with Crippen LogP contribution in [0.15, 0.2) is 33.7 Å². The van der Waals surface area contributed by atoms with Crippen molar-refractivity contribution in [2.24, 2.45) is 4.99 Å². The third-order valence-corrected chi connectivity index (χ3v) is 5.35. The maximum Gasteiger partial charge on any atom is 0.224 e. The van der Waals surface area contributed by atoms with Crippen LogP contribution >= 0.6 is 15.9 Å². The molecule has 0 aromatic heterocycles. The molecule has 0 aliphatic carbocycles. The number of benzene rings is 1. The first-order valence-electron chi connectivity index (χ1n) is 8.99. The van der Waals surface area contributed by atoms with Crippen LogP contribution in [0.1, 0.15) is 31.7 Å². The van der Waals surface area contributed by atoms with Gasteiger partial charge in [0.15, 0.2) is 5.96 Å². The molecule has 0 bridgehead atoms. The fraction of sp³-hybridized carbons (Fsp3) is 0.579. The van der Waals surface area contributed by atoms with Crippen LogP contribution in [0.2, 0.25) is 0 Å². The minimum absolute atomic E-state index is 0.0924. The average Bonchev–Trinajstić information content (AvgIpc) is 3.06. The highest BCUT2D eigenvalue weighted by Gasteiger charge is 2.29. The molecule has 1 fully saturated rings. The number of guanidine groups is 1. The second-order valence-electron chi connectivity index (χ2n) is 6.85. The van der Waals surface area contributed by atoms with E-state index in [0.717, 1.165) is 29.5 Å². The van der Waals surface area contributed by atoms with Gasteiger partial charge in [0.2, 0.25) is 5.91 Å². The number of nitrogens with one attached hydrogen (secondary N) is 2. The molecule has 7 heteroatoms. The van der Waals surface area contributed by atoms with Crippen LogP contribution < -0.4 is 10.6 Å². The second-order valence-corrected chi connectivity index (χ2v) is 7.70. The van der Waals surface area contributed by atoms with Gasteiger partial charge in [-0.3, -0.25) is 9.79 Å². The van der Waals surface area contributed by atoms with E-state index in [4.69, 9.17) is 4.74 Å². The van der Waals surface area contributed by atoms with Crippen molar-refractivity contribution in [1.29, 1.82) is 0 Å². The Hall–Kier alpha value is -1.60. The predicted octanol–water partition coefficient (Wildman–Crippen LogP) is 2.53. The molecule has 26 heavy (non-hydrogen) atoms. The van der Waals surface area contributed by atoms with E-state index in [1.807, 2.05) is 31.3 Å². The molecule has 1 aliphatic heterocycles. The molecule has 2 rings (SSSR count). The topological polar surface area (TPSA) is 66.0 Å². The van der Waals surface area contributed by atoms with Crippen LogP contribution in [0.3, 0.4) is 0 Å². The number of carbonyl (C=O) groups is 1. The molecule has 0 radical (unpaired) electrons. The molecule has 144 valence electrons. The molecule has 1 aromatic carbocycles. The maximum atomic E-state index is 12.3. The molecule has 0 saturated carbocycles. The van der Waals surface area contributed by atoms with Gasteiger partial charge in [-0.1, -0.05) is 34.1 Å². The molecule has 1 unspecified atom stereocenters. The number of hydrogen-bond acceptors (Lipinski definition) is 3. The van der Waals surface area contributed by atoms with Gasteiger partial charge >= 0.3 is 0 Å². The van der Waals surface area contributed by atoms with Crippen molar-refractivity contribution in [1.82, 2.24) is 15.5 Å². The van der Waals surface area contributed by atoms with Crippen LogP contribution in [0, 0.1) is 0 Å². The number of aliphatic imine (C=N–C) groups is 1. The lowest BCUT2D eigenvalue weighted by Gasteiger charge is -2.24. The van der Waals surface area contributed by atoms with Gasteiger partial charge in [0.25, 0.3) is 0 Å². The Bertz CT molecular complexity index is 630. The van der Waals surface area contributed by atoms with Crippen molar-refractivity contribution in [3.63, 3.8) is 0 Å². The first kappa shape index (κ1) is 20.7. The molecule has 1 aromatic rings. The number of halogens is 1. The van der Waals surface area contributed by atoms with Gasteiger partial charge in [0.1, 0.15) is 0 Å². The van der Waals surface area contributed by atoms with Crippen LogP contribution in [-0.4, -0.2) is 56.2 Å². The molecule has 6 nitrogen and oxygen atoms in total. The van der Waals surface area contributed by atoms with Gasteiger partial charge in [-0.15, -0.1) is 0 Å². The van der Waals surface area contributed by atoms with Crippen LogP contribution in [0.5, 0.6) is 0 Å². The molecule has 1 aliphatic rings. The molecule has 2 N–H and O–H groups in total. The van der Waals surface area contributed by atoms with E-state index in [-0.39, 0.29) is 11.5 Å². The molecule has 1 saturated heterocycles. The largest absolute Gasteiger partial charge is 0.373 e. The van der Waals surface area contributed by atoms with E-state index in [9.17, 15) is 4.79 Å². The monoisotopic (exact) mass is 424 g/mol. The van der Waals surface area contributed by atoms with Gasteiger partial charge < -0.3 is 20.3 Å². The van der Waals surface area contributed by atoms with Crippen molar-refractivity contribution in [2.75, 3.05) is 33.8 Å². The van der Waals surface area contributed by atoms with E-state index in [1.165, 1.54) is 0 Å². The Morgan fingerprint density at radius 3 is 2.81 bits per heavy atom. The molecular formula is C19H29BrN4O2. The number of hydrogen-bond donors (Lipinski definition) is 2. The van der Waals surface area contributed by atoms with Crippen LogP contribution in [0.25, 0.3) is 0 Å². The zero-order valence-corrected chi connectivity index (χ0v) is 17.4. The van der Waals surface area contributed by atoms with Crippen molar-refractivity contribution < 1.29 is 9.53 Å². The molecule has 1 amide bonds. The van der Waals surface area contributed by atoms with Gasteiger partial charge in [-0.05, 0) is 31.4 Å². The summed E-state index contributed by atoms with van der Waals surface area (Å²) < 4.78 is 6.78. The van der Waals surface area contributed by atoms with Crippen molar-refractivity contribution in [3.8, 4) is 0 Å². The Labute approximate surface area is 164 Å². The van der Waals surface area contributed by atoms with Crippen LogP contribution in [0.4, 0.5) is 0 Å². The number of ether oxygens (including phenoxy) is 1. The van der Waals surface area contributed by atoms with Gasteiger partial charge in [0, 0.05) is 51.2 Å². The fourth-order valence-corrected chi connectivity index (χ4v) is 3.33. The SMILES string of the molecule is CN=C(NCCC(=O)N(C)Cc1ccccc1Br)NCC1(C)CCCO1. The standard InChI is InChI=1S/C19H29BrN4O2/c1-19(10-6-12-26-19)14-23-18(21-2)22-11-9-17(25)24(3)13-15-7-4-5-8-16(15)20/h4-5,7-8H,6,9-14H2,1-3H3,(H2,21,22,23). The molecule has 0 spiro atoms. The first-order valence-corrected chi connectivity index (χ1v) is 9.79. The normalized spacial score (nSPS) is 20.1. The highest BCUT2D eigenvalue weighted by atomic mass is 79.9. The first-order chi connectivity index (χ1) is 12.4. The van der Waals surface area contributed by atoms with Crippen molar-refractivity contribution >= 4 is 27.8 Å².